The zero-order chi connectivity index (χ0) is 19.3. The zero-order valence-electron chi connectivity index (χ0n) is 15.2. The Bertz CT molecular complexity index is 1060. The van der Waals surface area contributed by atoms with Crippen LogP contribution in [0.15, 0.2) is 30.3 Å². The summed E-state index contributed by atoms with van der Waals surface area (Å²) in [6.45, 7) is 2.85. The molecule has 2 aliphatic heterocycles. The first-order valence-corrected chi connectivity index (χ1v) is 10.8. The number of amides is 2. The summed E-state index contributed by atoms with van der Waals surface area (Å²) in [4.78, 5) is 27.1. The molecule has 0 aromatic heterocycles. The summed E-state index contributed by atoms with van der Waals surface area (Å²) in [7, 11) is -3.43. The third kappa shape index (κ3) is 2.80. The SMILES string of the molecule is CCN1C(=O)c2cccc3c(NC(=O)C4CCCN4S(C)(=O)=O)ccc1c23. The number of sulfonamides is 1. The summed E-state index contributed by atoms with van der Waals surface area (Å²) < 4.78 is 25.1. The summed E-state index contributed by atoms with van der Waals surface area (Å²) in [6, 6.07) is 8.37. The van der Waals surface area contributed by atoms with Crippen LogP contribution < -0.4 is 10.2 Å². The van der Waals surface area contributed by atoms with Crippen molar-refractivity contribution in [1.82, 2.24) is 4.31 Å². The molecule has 142 valence electrons. The fourth-order valence-electron chi connectivity index (χ4n) is 4.08. The predicted octanol–water partition coefficient (Wildman–Crippen LogP) is 2.18. The summed E-state index contributed by atoms with van der Waals surface area (Å²) in [6.07, 6.45) is 2.29. The molecule has 1 unspecified atom stereocenters. The number of carbonyl (C=O) groups excluding carboxylic acids is 2. The normalized spacial score (nSPS) is 19.9. The minimum atomic E-state index is -3.43. The molecule has 2 aromatic rings. The van der Waals surface area contributed by atoms with Crippen molar-refractivity contribution in [1.29, 1.82) is 0 Å². The van der Waals surface area contributed by atoms with Crippen LogP contribution in [0.2, 0.25) is 0 Å². The molecular weight excluding hydrogens is 366 g/mol. The first kappa shape index (κ1) is 17.9. The molecule has 2 aromatic carbocycles. The number of carbonyl (C=O) groups is 2. The number of nitrogens with one attached hydrogen (secondary N) is 1. The number of nitrogens with zero attached hydrogens (tertiary/aromatic N) is 2. The van der Waals surface area contributed by atoms with E-state index >= 15 is 0 Å². The van der Waals surface area contributed by atoms with Crippen molar-refractivity contribution in [2.75, 3.05) is 29.6 Å². The number of anilines is 2. The van der Waals surface area contributed by atoms with Crippen LogP contribution in [-0.4, -0.2) is 49.9 Å². The molecule has 2 aliphatic rings. The van der Waals surface area contributed by atoms with Crippen molar-refractivity contribution in [3.05, 3.63) is 35.9 Å². The fraction of sp³-hybridized carbons (Fsp3) is 0.368. The molecule has 1 N–H and O–H groups in total. The molecule has 2 amide bonds. The monoisotopic (exact) mass is 387 g/mol. The lowest BCUT2D eigenvalue weighted by Crippen LogP contribution is -2.42. The van der Waals surface area contributed by atoms with E-state index in [1.54, 1.807) is 23.1 Å². The van der Waals surface area contributed by atoms with E-state index in [1.165, 1.54) is 4.31 Å². The Hall–Kier alpha value is -2.45. The van der Waals surface area contributed by atoms with Gasteiger partial charge in [-0.05, 0) is 38.0 Å². The fourth-order valence-corrected chi connectivity index (χ4v) is 5.21. The van der Waals surface area contributed by atoms with Crippen LogP contribution in [0, 0.1) is 0 Å². The van der Waals surface area contributed by atoms with Crippen LogP contribution in [0.4, 0.5) is 11.4 Å². The van der Waals surface area contributed by atoms with Crippen molar-refractivity contribution in [3.63, 3.8) is 0 Å². The van der Waals surface area contributed by atoms with Gasteiger partial charge in [0.1, 0.15) is 6.04 Å². The van der Waals surface area contributed by atoms with Crippen LogP contribution in [0.1, 0.15) is 30.1 Å². The molecule has 0 radical (unpaired) electrons. The lowest BCUT2D eigenvalue weighted by Gasteiger charge is -2.22. The van der Waals surface area contributed by atoms with E-state index in [0.29, 0.717) is 37.2 Å². The highest BCUT2D eigenvalue weighted by Crippen LogP contribution is 2.40. The van der Waals surface area contributed by atoms with Gasteiger partial charge in [0.05, 0.1) is 11.9 Å². The second-order valence-electron chi connectivity index (χ2n) is 6.93. The lowest BCUT2D eigenvalue weighted by atomic mass is 10.0. The summed E-state index contributed by atoms with van der Waals surface area (Å²) in [5.41, 5.74) is 2.05. The molecule has 4 rings (SSSR count). The molecular formula is C19H21N3O4S. The van der Waals surface area contributed by atoms with Gasteiger partial charge in [-0.15, -0.1) is 0 Å². The minimum Gasteiger partial charge on any atom is -0.324 e. The van der Waals surface area contributed by atoms with Gasteiger partial charge in [-0.1, -0.05) is 12.1 Å². The summed E-state index contributed by atoms with van der Waals surface area (Å²) in [5, 5.41) is 4.50. The van der Waals surface area contributed by atoms with Crippen LogP contribution >= 0.6 is 0 Å². The molecule has 2 heterocycles. The van der Waals surface area contributed by atoms with Gasteiger partial charge in [-0.2, -0.15) is 4.31 Å². The van der Waals surface area contributed by atoms with E-state index in [-0.39, 0.29) is 11.8 Å². The Balaban J connectivity index is 1.72. The van der Waals surface area contributed by atoms with Crippen molar-refractivity contribution in [3.8, 4) is 0 Å². The number of hydrogen-bond donors (Lipinski definition) is 1. The Labute approximate surface area is 158 Å². The highest BCUT2D eigenvalue weighted by molar-refractivity contribution is 7.88. The van der Waals surface area contributed by atoms with E-state index in [1.807, 2.05) is 19.1 Å². The standard InChI is InChI=1S/C19H21N3O4S/c1-3-21-15-10-9-14(12-6-4-7-13(17(12)15)19(21)24)20-18(23)16-8-5-11-22(16)27(2,25)26/h4,6-7,9-10,16H,3,5,8,11H2,1-2H3,(H,20,23). The topological polar surface area (TPSA) is 86.8 Å². The van der Waals surface area contributed by atoms with Gasteiger partial charge in [0, 0.05) is 35.1 Å². The molecule has 27 heavy (non-hydrogen) atoms. The van der Waals surface area contributed by atoms with Gasteiger partial charge < -0.3 is 10.2 Å². The van der Waals surface area contributed by atoms with Crippen molar-refractivity contribution in [2.45, 2.75) is 25.8 Å². The smallest absolute Gasteiger partial charge is 0.258 e. The first-order chi connectivity index (χ1) is 12.8. The van der Waals surface area contributed by atoms with E-state index in [4.69, 9.17) is 0 Å². The summed E-state index contributed by atoms with van der Waals surface area (Å²) >= 11 is 0. The highest BCUT2D eigenvalue weighted by Gasteiger charge is 2.37. The van der Waals surface area contributed by atoms with Gasteiger partial charge in [0.25, 0.3) is 5.91 Å². The zero-order valence-corrected chi connectivity index (χ0v) is 16.0. The van der Waals surface area contributed by atoms with E-state index in [0.717, 1.165) is 22.7 Å². The quantitative estimate of drug-likeness (QED) is 0.871. The third-order valence-corrected chi connectivity index (χ3v) is 6.58. The van der Waals surface area contributed by atoms with Crippen LogP contribution in [0.25, 0.3) is 10.8 Å². The predicted molar refractivity (Wildman–Crippen MR) is 105 cm³/mol. The number of rotatable bonds is 4. The maximum absolute atomic E-state index is 12.8. The van der Waals surface area contributed by atoms with Gasteiger partial charge in [-0.3, -0.25) is 9.59 Å². The van der Waals surface area contributed by atoms with Crippen molar-refractivity contribution < 1.29 is 18.0 Å². The Morgan fingerprint density at radius 2 is 2.04 bits per heavy atom. The number of hydrogen-bond acceptors (Lipinski definition) is 4. The van der Waals surface area contributed by atoms with Gasteiger partial charge in [0.15, 0.2) is 0 Å². The average Bonchev–Trinajstić information content (AvgIpc) is 3.22. The number of benzene rings is 2. The Morgan fingerprint density at radius 3 is 2.74 bits per heavy atom. The van der Waals surface area contributed by atoms with Crippen LogP contribution in [0.3, 0.4) is 0 Å². The lowest BCUT2D eigenvalue weighted by molar-refractivity contribution is -0.119. The average molecular weight is 387 g/mol. The van der Waals surface area contributed by atoms with Crippen LogP contribution in [-0.2, 0) is 14.8 Å². The van der Waals surface area contributed by atoms with Gasteiger partial charge in [-0.25, -0.2) is 8.42 Å². The second-order valence-corrected chi connectivity index (χ2v) is 8.87. The van der Waals surface area contributed by atoms with Gasteiger partial charge >= 0.3 is 0 Å². The highest BCUT2D eigenvalue weighted by atomic mass is 32.2. The molecule has 1 atom stereocenters. The van der Waals surface area contributed by atoms with E-state index in [2.05, 4.69) is 5.32 Å². The maximum Gasteiger partial charge on any atom is 0.258 e. The minimum absolute atomic E-state index is 0.0411. The molecule has 8 heteroatoms. The molecule has 0 saturated carbocycles. The second kappa shape index (κ2) is 6.31. The Kier molecular flexibility index (Phi) is 4.20. The van der Waals surface area contributed by atoms with E-state index in [9.17, 15) is 18.0 Å². The van der Waals surface area contributed by atoms with Crippen LogP contribution in [0.5, 0.6) is 0 Å². The molecule has 1 fully saturated rings. The largest absolute Gasteiger partial charge is 0.324 e. The first-order valence-electron chi connectivity index (χ1n) is 8.98. The Morgan fingerprint density at radius 1 is 1.26 bits per heavy atom. The molecule has 0 bridgehead atoms. The third-order valence-electron chi connectivity index (χ3n) is 5.29. The van der Waals surface area contributed by atoms with Crippen molar-refractivity contribution >= 4 is 44.0 Å². The summed E-state index contributed by atoms with van der Waals surface area (Å²) in [5.74, 6) is -0.379. The molecule has 7 nitrogen and oxygen atoms in total. The molecule has 1 saturated heterocycles. The maximum atomic E-state index is 12.8. The molecule has 0 spiro atoms. The van der Waals surface area contributed by atoms with E-state index < -0.39 is 16.1 Å². The van der Waals surface area contributed by atoms with Gasteiger partial charge in [0.2, 0.25) is 15.9 Å². The molecule has 0 aliphatic carbocycles. The van der Waals surface area contributed by atoms with Crippen molar-refractivity contribution in [2.24, 2.45) is 0 Å².